The number of hydrogen-bond donors (Lipinski definition) is 0. The Hall–Kier alpha value is -1.14. The van der Waals surface area contributed by atoms with Gasteiger partial charge in [-0.05, 0) is 11.6 Å². The van der Waals surface area contributed by atoms with Crippen molar-refractivity contribution in [2.75, 3.05) is 31.2 Å². The van der Waals surface area contributed by atoms with Crippen LogP contribution in [0.4, 0.5) is 11.4 Å². The predicted molar refractivity (Wildman–Crippen MR) is 68.8 cm³/mol. The minimum absolute atomic E-state index is 0.142. The molecule has 1 heterocycles. The third-order valence-corrected chi connectivity index (χ3v) is 3.35. The van der Waals surface area contributed by atoms with E-state index < -0.39 is 0 Å². The summed E-state index contributed by atoms with van der Waals surface area (Å²) in [6, 6.07) is 5.20. The Balaban J connectivity index is 2.31. The number of nitro groups is 1. The quantitative estimate of drug-likeness (QED) is 0.488. The molecule has 1 aromatic carbocycles. The van der Waals surface area contributed by atoms with E-state index in [0.29, 0.717) is 18.5 Å². The van der Waals surface area contributed by atoms with E-state index in [2.05, 4.69) is 20.8 Å². The van der Waals surface area contributed by atoms with E-state index in [9.17, 15) is 10.1 Å². The number of benzene rings is 1. The molecule has 1 saturated heterocycles. The molecule has 92 valence electrons. The molecule has 5 nitrogen and oxygen atoms in total. The van der Waals surface area contributed by atoms with Gasteiger partial charge < -0.3 is 9.64 Å². The molecular weight excluding hydrogens is 288 g/mol. The van der Waals surface area contributed by atoms with Crippen LogP contribution in [-0.4, -0.2) is 31.2 Å². The zero-order valence-electron chi connectivity index (χ0n) is 9.26. The molecule has 0 amide bonds. The molecule has 0 aliphatic carbocycles. The van der Waals surface area contributed by atoms with Crippen LogP contribution in [0, 0.1) is 10.1 Å². The SMILES string of the molecule is O=[N+]([O-])c1cc(CBr)cc(N2CCOCC2)c1. The van der Waals surface area contributed by atoms with E-state index in [1.807, 2.05) is 6.07 Å². The topological polar surface area (TPSA) is 55.6 Å². The molecule has 0 atom stereocenters. The number of rotatable bonds is 3. The number of non-ortho nitro benzene ring substituents is 1. The Morgan fingerprint density at radius 2 is 2.06 bits per heavy atom. The molecule has 0 spiro atoms. The Bertz CT molecular complexity index is 419. The molecule has 6 heteroatoms. The van der Waals surface area contributed by atoms with Crippen molar-refractivity contribution in [2.24, 2.45) is 0 Å². The van der Waals surface area contributed by atoms with Crippen molar-refractivity contribution in [3.8, 4) is 0 Å². The summed E-state index contributed by atoms with van der Waals surface area (Å²) in [5, 5.41) is 11.5. The van der Waals surface area contributed by atoms with Crippen molar-refractivity contribution in [1.29, 1.82) is 0 Å². The highest BCUT2D eigenvalue weighted by Crippen LogP contribution is 2.25. The molecule has 0 radical (unpaired) electrons. The average molecular weight is 301 g/mol. The monoisotopic (exact) mass is 300 g/mol. The maximum atomic E-state index is 10.9. The van der Waals surface area contributed by atoms with Gasteiger partial charge in [0.2, 0.25) is 0 Å². The van der Waals surface area contributed by atoms with Gasteiger partial charge in [0.25, 0.3) is 5.69 Å². The Kier molecular flexibility index (Phi) is 3.96. The molecule has 0 aromatic heterocycles. The second-order valence-corrected chi connectivity index (χ2v) is 4.41. The molecule has 1 aromatic rings. The van der Waals surface area contributed by atoms with Crippen LogP contribution in [0.25, 0.3) is 0 Å². The standard InChI is InChI=1S/C11H13BrN2O3/c12-8-9-5-10(7-11(6-9)14(15)16)13-1-3-17-4-2-13/h5-7H,1-4,8H2. The summed E-state index contributed by atoms with van der Waals surface area (Å²) in [6.07, 6.45) is 0. The average Bonchev–Trinajstić information content (AvgIpc) is 2.39. The minimum atomic E-state index is -0.351. The van der Waals surface area contributed by atoms with E-state index >= 15 is 0 Å². The molecule has 0 N–H and O–H groups in total. The van der Waals surface area contributed by atoms with E-state index in [-0.39, 0.29) is 10.6 Å². The fourth-order valence-electron chi connectivity index (χ4n) is 1.84. The van der Waals surface area contributed by atoms with E-state index in [4.69, 9.17) is 4.74 Å². The Labute approximate surface area is 108 Å². The third kappa shape index (κ3) is 2.95. The van der Waals surface area contributed by atoms with Gasteiger partial charge in [-0.15, -0.1) is 0 Å². The molecule has 0 bridgehead atoms. The second kappa shape index (κ2) is 5.46. The molecule has 0 unspecified atom stereocenters. The molecule has 1 aliphatic rings. The van der Waals surface area contributed by atoms with Gasteiger partial charge in [-0.2, -0.15) is 0 Å². The van der Waals surface area contributed by atoms with Crippen LogP contribution in [0.1, 0.15) is 5.56 Å². The molecule has 1 aliphatic heterocycles. The number of nitrogens with zero attached hydrogens (tertiary/aromatic N) is 2. The molecule has 1 fully saturated rings. The summed E-state index contributed by atoms with van der Waals surface area (Å²) < 4.78 is 5.27. The predicted octanol–water partition coefficient (Wildman–Crippen LogP) is 2.33. The summed E-state index contributed by atoms with van der Waals surface area (Å²) in [6.45, 7) is 2.91. The molecule has 17 heavy (non-hydrogen) atoms. The summed E-state index contributed by atoms with van der Waals surface area (Å²) in [7, 11) is 0. The van der Waals surface area contributed by atoms with Crippen molar-refractivity contribution in [3.63, 3.8) is 0 Å². The molecule has 2 rings (SSSR count). The van der Waals surface area contributed by atoms with Crippen molar-refractivity contribution in [3.05, 3.63) is 33.9 Å². The lowest BCUT2D eigenvalue weighted by molar-refractivity contribution is -0.384. The van der Waals surface area contributed by atoms with Crippen molar-refractivity contribution in [2.45, 2.75) is 5.33 Å². The zero-order chi connectivity index (χ0) is 12.3. The van der Waals surface area contributed by atoms with Gasteiger partial charge in [-0.3, -0.25) is 10.1 Å². The minimum Gasteiger partial charge on any atom is -0.378 e. The first-order valence-corrected chi connectivity index (χ1v) is 6.50. The highest BCUT2D eigenvalue weighted by Gasteiger charge is 2.16. The van der Waals surface area contributed by atoms with Crippen LogP contribution < -0.4 is 4.90 Å². The number of hydrogen-bond acceptors (Lipinski definition) is 4. The van der Waals surface area contributed by atoms with E-state index in [1.54, 1.807) is 12.1 Å². The first-order chi connectivity index (χ1) is 8.20. The molecular formula is C11H13BrN2O3. The van der Waals surface area contributed by atoms with Gasteiger partial charge in [0.05, 0.1) is 18.1 Å². The van der Waals surface area contributed by atoms with Crippen LogP contribution in [0.15, 0.2) is 18.2 Å². The fraction of sp³-hybridized carbons (Fsp3) is 0.455. The van der Waals surface area contributed by atoms with Gasteiger partial charge in [0.1, 0.15) is 0 Å². The molecule has 0 saturated carbocycles. The van der Waals surface area contributed by atoms with Crippen LogP contribution in [0.2, 0.25) is 0 Å². The van der Waals surface area contributed by atoms with Gasteiger partial charge in [0.15, 0.2) is 0 Å². The van der Waals surface area contributed by atoms with Gasteiger partial charge in [-0.25, -0.2) is 0 Å². The zero-order valence-corrected chi connectivity index (χ0v) is 10.9. The van der Waals surface area contributed by atoms with Gasteiger partial charge in [0, 0.05) is 36.2 Å². The lowest BCUT2D eigenvalue weighted by Crippen LogP contribution is -2.36. The maximum Gasteiger partial charge on any atom is 0.271 e. The Morgan fingerprint density at radius 1 is 1.35 bits per heavy atom. The van der Waals surface area contributed by atoms with Crippen LogP contribution >= 0.6 is 15.9 Å². The number of alkyl halides is 1. The largest absolute Gasteiger partial charge is 0.378 e. The van der Waals surface area contributed by atoms with Crippen LogP contribution in [0.5, 0.6) is 0 Å². The maximum absolute atomic E-state index is 10.9. The Morgan fingerprint density at radius 3 is 2.65 bits per heavy atom. The summed E-state index contributed by atoms with van der Waals surface area (Å²) >= 11 is 3.33. The van der Waals surface area contributed by atoms with Crippen LogP contribution in [0.3, 0.4) is 0 Å². The number of morpholine rings is 1. The third-order valence-electron chi connectivity index (χ3n) is 2.70. The smallest absolute Gasteiger partial charge is 0.271 e. The summed E-state index contributed by atoms with van der Waals surface area (Å²) in [5.74, 6) is 0. The number of ether oxygens (including phenoxy) is 1. The lowest BCUT2D eigenvalue weighted by Gasteiger charge is -2.29. The highest BCUT2D eigenvalue weighted by atomic mass is 79.9. The van der Waals surface area contributed by atoms with Crippen molar-refractivity contribution >= 4 is 27.3 Å². The summed E-state index contributed by atoms with van der Waals surface area (Å²) in [4.78, 5) is 12.6. The summed E-state index contributed by atoms with van der Waals surface area (Å²) in [5.41, 5.74) is 1.96. The van der Waals surface area contributed by atoms with E-state index in [1.165, 1.54) is 0 Å². The first-order valence-electron chi connectivity index (χ1n) is 5.38. The lowest BCUT2D eigenvalue weighted by atomic mass is 10.1. The number of nitro benzene ring substituents is 1. The van der Waals surface area contributed by atoms with Crippen molar-refractivity contribution < 1.29 is 9.66 Å². The van der Waals surface area contributed by atoms with Gasteiger partial charge >= 0.3 is 0 Å². The van der Waals surface area contributed by atoms with Crippen LogP contribution in [-0.2, 0) is 10.1 Å². The highest BCUT2D eigenvalue weighted by molar-refractivity contribution is 9.08. The second-order valence-electron chi connectivity index (χ2n) is 3.85. The first kappa shape index (κ1) is 12.3. The number of anilines is 1. The number of halogens is 1. The van der Waals surface area contributed by atoms with E-state index in [0.717, 1.165) is 24.3 Å². The fourth-order valence-corrected chi connectivity index (χ4v) is 2.17. The van der Waals surface area contributed by atoms with Crippen molar-refractivity contribution in [1.82, 2.24) is 0 Å². The normalized spacial score (nSPS) is 15.9. The van der Waals surface area contributed by atoms with Gasteiger partial charge in [-0.1, -0.05) is 15.9 Å².